The molecule has 1 N–H and O–H groups in total. The van der Waals surface area contributed by atoms with Gasteiger partial charge in [0.25, 0.3) is 5.91 Å². The molecule has 6 rings (SSSR count). The summed E-state index contributed by atoms with van der Waals surface area (Å²) >= 11 is -2.02. The third kappa shape index (κ3) is 7.07. The van der Waals surface area contributed by atoms with E-state index in [9.17, 15) is 17.9 Å². The van der Waals surface area contributed by atoms with Gasteiger partial charge in [-0.2, -0.15) is 0 Å². The number of ether oxygens (including phenoxy) is 2. The monoisotopic (exact) mass is 659 g/mol. The fourth-order valence-electron chi connectivity index (χ4n) is 7.19. The van der Waals surface area contributed by atoms with Gasteiger partial charge in [-0.25, -0.2) is 23.6 Å². The van der Waals surface area contributed by atoms with Crippen molar-refractivity contribution in [3.8, 4) is 11.5 Å². The summed E-state index contributed by atoms with van der Waals surface area (Å²) in [7, 11) is 0. The summed E-state index contributed by atoms with van der Waals surface area (Å²) in [6.07, 6.45) is 8.18. The quantitative estimate of drug-likeness (QED) is 0.358. The number of hydrazine groups is 1. The number of benzene rings is 1. The third-order valence-electron chi connectivity index (χ3n) is 9.94. The molecule has 1 spiro atoms. The molecular weight excluding hydrogens is 613 g/mol. The highest BCUT2D eigenvalue weighted by atomic mass is 32.2. The summed E-state index contributed by atoms with van der Waals surface area (Å²) in [4.78, 5) is 28.4. The van der Waals surface area contributed by atoms with Gasteiger partial charge in [0.1, 0.15) is 17.9 Å². The molecular formula is C32H46FN7O5S. The Balaban J connectivity index is 1.02. The fraction of sp³-hybridized carbons (Fsp3) is 0.656. The third-order valence-corrected chi connectivity index (χ3v) is 10.8. The average molecular weight is 660 g/mol. The van der Waals surface area contributed by atoms with Crippen LogP contribution in [0.3, 0.4) is 0 Å². The number of likely N-dealkylation sites (tertiary alicyclic amines) is 1. The number of rotatable bonds is 11. The lowest BCUT2D eigenvalue weighted by molar-refractivity contribution is -0.0996. The van der Waals surface area contributed by atoms with Gasteiger partial charge in [0.05, 0.1) is 30.5 Å². The van der Waals surface area contributed by atoms with Gasteiger partial charge in [-0.05, 0) is 84.2 Å². The van der Waals surface area contributed by atoms with E-state index in [-0.39, 0.29) is 40.8 Å². The number of nitrogens with zero attached hydrogens (tertiary/aromatic N) is 7. The van der Waals surface area contributed by atoms with E-state index >= 15 is 0 Å². The van der Waals surface area contributed by atoms with Crippen LogP contribution in [0, 0.1) is 11.2 Å². The first kappa shape index (κ1) is 33.2. The second kappa shape index (κ2) is 14.2. The Morgan fingerprint density at radius 2 is 1.96 bits per heavy atom. The number of piperidine rings is 1. The Morgan fingerprint density at radius 1 is 1.20 bits per heavy atom. The Morgan fingerprint density at radius 3 is 2.57 bits per heavy atom. The molecule has 1 unspecified atom stereocenters. The molecule has 4 aliphatic rings. The molecule has 5 heterocycles. The van der Waals surface area contributed by atoms with Crippen molar-refractivity contribution in [3.63, 3.8) is 0 Å². The summed E-state index contributed by atoms with van der Waals surface area (Å²) < 4.78 is 50.1. The van der Waals surface area contributed by atoms with Gasteiger partial charge in [-0.15, -0.1) is 4.41 Å². The van der Waals surface area contributed by atoms with E-state index in [0.717, 1.165) is 77.9 Å². The first-order valence-corrected chi connectivity index (χ1v) is 17.5. The van der Waals surface area contributed by atoms with Crippen LogP contribution in [0.1, 0.15) is 63.2 Å². The average Bonchev–Trinajstić information content (AvgIpc) is 3.00. The summed E-state index contributed by atoms with van der Waals surface area (Å²) in [5.41, 5.74) is 0.378. The number of aromatic nitrogens is 2. The molecule has 14 heteroatoms. The molecule has 252 valence electrons. The minimum atomic E-state index is -2.02. The maximum atomic E-state index is 14.3. The molecule has 0 bridgehead atoms. The van der Waals surface area contributed by atoms with Gasteiger partial charge in [0, 0.05) is 50.7 Å². The molecule has 4 aliphatic heterocycles. The van der Waals surface area contributed by atoms with Crippen molar-refractivity contribution in [3.05, 3.63) is 42.1 Å². The Bertz CT molecular complexity index is 1390. The minimum absolute atomic E-state index is 0.0404. The van der Waals surface area contributed by atoms with Crippen LogP contribution in [0.15, 0.2) is 30.7 Å². The van der Waals surface area contributed by atoms with Crippen LogP contribution in [-0.4, -0.2) is 121 Å². The van der Waals surface area contributed by atoms with Crippen LogP contribution in [-0.2, 0) is 16.0 Å². The second-order valence-electron chi connectivity index (χ2n) is 13.3. The Labute approximate surface area is 273 Å². The lowest BCUT2D eigenvalue weighted by atomic mass is 9.72. The highest BCUT2D eigenvalue weighted by Crippen LogP contribution is 2.45. The topological polar surface area (TPSA) is 115 Å². The van der Waals surface area contributed by atoms with Crippen LogP contribution < -0.4 is 9.64 Å². The lowest BCUT2D eigenvalue weighted by Crippen LogP contribution is -2.61. The number of anilines is 1. The summed E-state index contributed by atoms with van der Waals surface area (Å²) in [6, 6.07) is 3.93. The van der Waals surface area contributed by atoms with E-state index in [1.165, 1.54) is 24.5 Å². The van der Waals surface area contributed by atoms with Crippen molar-refractivity contribution in [1.29, 1.82) is 0 Å². The van der Waals surface area contributed by atoms with E-state index < -0.39 is 17.1 Å². The smallest absolute Gasteiger partial charge is 0.257 e. The van der Waals surface area contributed by atoms with Crippen LogP contribution in [0.25, 0.3) is 0 Å². The SMILES string of the molecule is CCN(C(=O)c1cc(F)ccc1Oc1cncnc1N1CC2(CCN(C[C@@H]3CC[C@@H](N(N4CCC4)S(=O)O)CO3)CC2)C1)C(C)C. The van der Waals surface area contributed by atoms with Crippen LogP contribution >= 0.6 is 0 Å². The number of carbonyl (C=O) groups excluding carboxylic acids is 1. The molecule has 1 aromatic heterocycles. The zero-order valence-electron chi connectivity index (χ0n) is 27.0. The summed E-state index contributed by atoms with van der Waals surface area (Å²) in [6.45, 7) is 13.0. The number of halogens is 1. The van der Waals surface area contributed by atoms with Gasteiger partial charge in [-0.3, -0.25) is 9.35 Å². The molecule has 0 aliphatic carbocycles. The molecule has 1 amide bonds. The van der Waals surface area contributed by atoms with Crippen molar-refractivity contribution < 1.29 is 27.4 Å². The fourth-order valence-corrected chi connectivity index (χ4v) is 7.97. The summed E-state index contributed by atoms with van der Waals surface area (Å²) in [5, 5.41) is 1.96. The number of carbonyl (C=O) groups is 1. The van der Waals surface area contributed by atoms with Gasteiger partial charge in [0.2, 0.25) is 11.3 Å². The predicted octanol–water partition coefficient (Wildman–Crippen LogP) is 3.79. The van der Waals surface area contributed by atoms with Crippen LogP contribution in [0.2, 0.25) is 0 Å². The Hall–Kier alpha value is -2.75. The van der Waals surface area contributed by atoms with Crippen LogP contribution in [0.4, 0.5) is 10.2 Å². The van der Waals surface area contributed by atoms with Crippen molar-refractivity contribution in [1.82, 2.24) is 29.2 Å². The van der Waals surface area contributed by atoms with Crippen molar-refractivity contribution in [2.75, 3.05) is 63.9 Å². The van der Waals surface area contributed by atoms with Gasteiger partial charge in [0.15, 0.2) is 11.6 Å². The maximum absolute atomic E-state index is 14.3. The van der Waals surface area contributed by atoms with Gasteiger partial charge >= 0.3 is 0 Å². The predicted molar refractivity (Wildman–Crippen MR) is 172 cm³/mol. The highest BCUT2D eigenvalue weighted by molar-refractivity contribution is 7.76. The zero-order valence-corrected chi connectivity index (χ0v) is 27.8. The number of amides is 1. The van der Waals surface area contributed by atoms with E-state index in [1.807, 2.05) is 25.8 Å². The van der Waals surface area contributed by atoms with Crippen molar-refractivity contribution in [2.24, 2.45) is 5.41 Å². The van der Waals surface area contributed by atoms with E-state index in [1.54, 1.807) is 15.5 Å². The zero-order chi connectivity index (χ0) is 32.4. The molecule has 12 nitrogen and oxygen atoms in total. The molecule has 2 aromatic rings. The van der Waals surface area contributed by atoms with E-state index in [4.69, 9.17) is 9.47 Å². The molecule has 46 heavy (non-hydrogen) atoms. The number of hydrogen-bond donors (Lipinski definition) is 1. The lowest BCUT2D eigenvalue weighted by Gasteiger charge is -2.54. The first-order valence-electron chi connectivity index (χ1n) is 16.5. The van der Waals surface area contributed by atoms with Crippen molar-refractivity contribution in [2.45, 2.75) is 71.1 Å². The van der Waals surface area contributed by atoms with E-state index in [2.05, 4.69) is 19.8 Å². The van der Waals surface area contributed by atoms with Crippen LogP contribution in [0.5, 0.6) is 11.5 Å². The first-order chi connectivity index (χ1) is 22.2. The summed E-state index contributed by atoms with van der Waals surface area (Å²) in [5.74, 6) is 0.605. The number of hydrogen-bond acceptors (Lipinski definition) is 9. The highest BCUT2D eigenvalue weighted by Gasteiger charge is 2.46. The van der Waals surface area contributed by atoms with Gasteiger partial charge in [-0.1, -0.05) is 0 Å². The molecule has 1 aromatic carbocycles. The van der Waals surface area contributed by atoms with Crippen molar-refractivity contribution >= 4 is 23.0 Å². The minimum Gasteiger partial charge on any atom is -0.451 e. The largest absolute Gasteiger partial charge is 0.451 e. The standard InChI is InChI=1S/C32H46FN7O5S/c1-4-39(23(2)3)31(41)27-16-24(33)6-9-28(27)45-29-17-34-22-35-30(29)37-20-32(21-37)10-14-36(15-11-32)18-26-8-7-25(19-44-26)40(46(42)43)38-12-5-13-38/h6,9,16-17,22-23,25-26H,4-5,7-8,10-15,18-21H2,1-3H3,(H,42,43)/t25-,26+/m1/s1. The molecule has 4 fully saturated rings. The normalized spacial score (nSPS) is 24.1. The maximum Gasteiger partial charge on any atom is 0.257 e. The second-order valence-corrected chi connectivity index (χ2v) is 14.2. The molecule has 4 saturated heterocycles. The van der Waals surface area contributed by atoms with E-state index in [0.29, 0.717) is 24.7 Å². The molecule has 3 atom stereocenters. The molecule has 0 radical (unpaired) electrons. The Kier molecular flexibility index (Phi) is 10.2. The van der Waals surface area contributed by atoms with Gasteiger partial charge < -0.3 is 24.2 Å². The molecule has 0 saturated carbocycles.